The van der Waals surface area contributed by atoms with E-state index in [1.807, 2.05) is 33.8 Å². The summed E-state index contributed by atoms with van der Waals surface area (Å²) in [6, 6.07) is 1.95. The quantitative estimate of drug-likeness (QED) is 0.552. The highest BCUT2D eigenvalue weighted by Gasteiger charge is 2.14. The molecule has 1 aromatic heterocycles. The SMILES string of the molecule is CCOC(Cc1cc(CC(OCC)OCC)ncn1)OCC. The van der Waals surface area contributed by atoms with Gasteiger partial charge in [0.1, 0.15) is 6.33 Å². The van der Waals surface area contributed by atoms with Gasteiger partial charge in [-0.2, -0.15) is 0 Å². The zero-order chi connectivity index (χ0) is 16.2. The summed E-state index contributed by atoms with van der Waals surface area (Å²) in [4.78, 5) is 8.58. The molecule has 1 aromatic rings. The molecule has 0 aliphatic rings. The van der Waals surface area contributed by atoms with Crippen LogP contribution in [0.5, 0.6) is 0 Å². The van der Waals surface area contributed by atoms with E-state index in [0.29, 0.717) is 39.3 Å². The molecule has 126 valence electrons. The van der Waals surface area contributed by atoms with Crippen LogP contribution in [0.2, 0.25) is 0 Å². The Balaban J connectivity index is 2.67. The largest absolute Gasteiger partial charge is 0.353 e. The maximum absolute atomic E-state index is 5.55. The normalized spacial score (nSPS) is 11.5. The first-order valence-electron chi connectivity index (χ1n) is 7.99. The van der Waals surface area contributed by atoms with Gasteiger partial charge in [-0.3, -0.25) is 0 Å². The van der Waals surface area contributed by atoms with Crippen molar-refractivity contribution in [3.63, 3.8) is 0 Å². The van der Waals surface area contributed by atoms with Crippen molar-refractivity contribution in [3.8, 4) is 0 Å². The molecule has 0 radical (unpaired) electrons. The summed E-state index contributed by atoms with van der Waals surface area (Å²) in [6.45, 7) is 10.2. The zero-order valence-corrected chi connectivity index (χ0v) is 14.1. The van der Waals surface area contributed by atoms with Crippen molar-refractivity contribution >= 4 is 0 Å². The van der Waals surface area contributed by atoms with Gasteiger partial charge >= 0.3 is 0 Å². The van der Waals surface area contributed by atoms with Crippen LogP contribution < -0.4 is 0 Å². The Kier molecular flexibility index (Phi) is 9.90. The fourth-order valence-corrected chi connectivity index (χ4v) is 2.08. The fraction of sp³-hybridized carbons (Fsp3) is 0.750. The van der Waals surface area contributed by atoms with Crippen molar-refractivity contribution < 1.29 is 18.9 Å². The molecule has 6 nitrogen and oxygen atoms in total. The molecule has 0 fully saturated rings. The molecule has 22 heavy (non-hydrogen) atoms. The summed E-state index contributed by atoms with van der Waals surface area (Å²) in [5, 5.41) is 0. The number of nitrogens with zero attached hydrogens (tertiary/aromatic N) is 2. The maximum atomic E-state index is 5.55. The summed E-state index contributed by atoms with van der Waals surface area (Å²) < 4.78 is 22.2. The van der Waals surface area contributed by atoms with E-state index in [1.54, 1.807) is 6.33 Å². The topological polar surface area (TPSA) is 62.7 Å². The van der Waals surface area contributed by atoms with E-state index in [4.69, 9.17) is 18.9 Å². The molecule has 0 spiro atoms. The third-order valence-corrected chi connectivity index (χ3v) is 2.94. The molecule has 0 saturated heterocycles. The van der Waals surface area contributed by atoms with Crippen LogP contribution in [0.4, 0.5) is 0 Å². The van der Waals surface area contributed by atoms with Gasteiger partial charge in [-0.05, 0) is 33.8 Å². The predicted octanol–water partition coefficient (Wildman–Crippen LogP) is 2.36. The summed E-state index contributed by atoms with van der Waals surface area (Å²) in [5.74, 6) is 0. The minimum atomic E-state index is -0.271. The van der Waals surface area contributed by atoms with E-state index in [1.165, 1.54) is 0 Å². The first-order valence-corrected chi connectivity index (χ1v) is 7.99. The Morgan fingerprint density at radius 3 is 1.41 bits per heavy atom. The lowest BCUT2D eigenvalue weighted by atomic mass is 10.2. The maximum Gasteiger partial charge on any atom is 0.163 e. The Bertz CT molecular complexity index is 358. The summed E-state index contributed by atoms with van der Waals surface area (Å²) >= 11 is 0. The average Bonchev–Trinajstić information content (AvgIpc) is 2.49. The first-order chi connectivity index (χ1) is 10.7. The second kappa shape index (κ2) is 11.5. The van der Waals surface area contributed by atoms with Crippen molar-refractivity contribution in [2.45, 2.75) is 53.1 Å². The van der Waals surface area contributed by atoms with Crippen LogP contribution in [0.15, 0.2) is 12.4 Å². The molecule has 0 saturated carbocycles. The van der Waals surface area contributed by atoms with Gasteiger partial charge in [-0.25, -0.2) is 9.97 Å². The third kappa shape index (κ3) is 7.26. The number of rotatable bonds is 12. The summed E-state index contributed by atoms with van der Waals surface area (Å²) in [6.07, 6.45) is 2.23. The molecule has 0 aromatic carbocycles. The molecular formula is C16H28N2O4. The Labute approximate surface area is 133 Å². The molecule has 0 bridgehead atoms. The van der Waals surface area contributed by atoms with Crippen LogP contribution in [0, 0.1) is 0 Å². The third-order valence-electron chi connectivity index (χ3n) is 2.94. The zero-order valence-electron chi connectivity index (χ0n) is 14.1. The van der Waals surface area contributed by atoms with E-state index in [-0.39, 0.29) is 12.6 Å². The monoisotopic (exact) mass is 312 g/mol. The highest BCUT2D eigenvalue weighted by molar-refractivity contribution is 5.09. The van der Waals surface area contributed by atoms with Gasteiger partial charge in [-0.15, -0.1) is 0 Å². The smallest absolute Gasteiger partial charge is 0.163 e. The lowest BCUT2D eigenvalue weighted by Gasteiger charge is -2.18. The predicted molar refractivity (Wildman–Crippen MR) is 83.5 cm³/mol. The molecule has 0 aliphatic carbocycles. The van der Waals surface area contributed by atoms with Gasteiger partial charge in [0, 0.05) is 50.7 Å². The average molecular weight is 312 g/mol. The standard InChI is InChI=1S/C16H28N2O4/c1-5-19-15(20-6-2)10-13-9-14(18-12-17-13)11-16(21-7-3)22-8-4/h9,12,15-16H,5-8,10-11H2,1-4H3. The van der Waals surface area contributed by atoms with Crippen molar-refractivity contribution in [2.75, 3.05) is 26.4 Å². The minimum Gasteiger partial charge on any atom is -0.353 e. The van der Waals surface area contributed by atoms with Crippen molar-refractivity contribution in [1.29, 1.82) is 0 Å². The molecule has 0 N–H and O–H groups in total. The second-order valence-corrected chi connectivity index (χ2v) is 4.59. The Morgan fingerprint density at radius 1 is 0.727 bits per heavy atom. The van der Waals surface area contributed by atoms with E-state index >= 15 is 0 Å². The highest BCUT2D eigenvalue weighted by Crippen LogP contribution is 2.10. The summed E-state index contributed by atoms with van der Waals surface area (Å²) in [7, 11) is 0. The van der Waals surface area contributed by atoms with Crippen molar-refractivity contribution in [3.05, 3.63) is 23.8 Å². The highest BCUT2D eigenvalue weighted by atomic mass is 16.7. The van der Waals surface area contributed by atoms with E-state index in [2.05, 4.69) is 9.97 Å². The van der Waals surface area contributed by atoms with Gasteiger partial charge in [0.25, 0.3) is 0 Å². The van der Waals surface area contributed by atoms with Crippen LogP contribution >= 0.6 is 0 Å². The van der Waals surface area contributed by atoms with E-state index < -0.39 is 0 Å². The molecule has 1 heterocycles. The van der Waals surface area contributed by atoms with Gasteiger partial charge in [0.15, 0.2) is 12.6 Å². The molecule has 0 atom stereocenters. The van der Waals surface area contributed by atoms with Crippen LogP contribution in [-0.4, -0.2) is 49.0 Å². The molecule has 0 aliphatic heterocycles. The lowest BCUT2D eigenvalue weighted by Crippen LogP contribution is -2.22. The Hall–Kier alpha value is -1.08. The second-order valence-electron chi connectivity index (χ2n) is 4.59. The lowest BCUT2D eigenvalue weighted by molar-refractivity contribution is -0.135. The van der Waals surface area contributed by atoms with Gasteiger partial charge < -0.3 is 18.9 Å². The molecular weight excluding hydrogens is 284 g/mol. The van der Waals surface area contributed by atoms with Crippen LogP contribution in [-0.2, 0) is 31.8 Å². The number of aromatic nitrogens is 2. The molecule has 6 heteroatoms. The molecule has 0 amide bonds. The van der Waals surface area contributed by atoms with Crippen molar-refractivity contribution in [1.82, 2.24) is 9.97 Å². The number of hydrogen-bond donors (Lipinski definition) is 0. The summed E-state index contributed by atoms with van der Waals surface area (Å²) in [5.41, 5.74) is 1.78. The fourth-order valence-electron chi connectivity index (χ4n) is 2.08. The first kappa shape index (κ1) is 19.0. The van der Waals surface area contributed by atoms with Crippen LogP contribution in [0.3, 0.4) is 0 Å². The van der Waals surface area contributed by atoms with Crippen LogP contribution in [0.25, 0.3) is 0 Å². The molecule has 0 unspecified atom stereocenters. The van der Waals surface area contributed by atoms with Crippen molar-refractivity contribution in [2.24, 2.45) is 0 Å². The molecule has 1 rings (SSSR count). The Morgan fingerprint density at radius 2 is 1.09 bits per heavy atom. The van der Waals surface area contributed by atoms with Gasteiger partial charge in [-0.1, -0.05) is 0 Å². The minimum absolute atomic E-state index is 0.271. The number of hydrogen-bond acceptors (Lipinski definition) is 6. The van der Waals surface area contributed by atoms with Crippen LogP contribution in [0.1, 0.15) is 39.1 Å². The van der Waals surface area contributed by atoms with E-state index in [0.717, 1.165) is 11.4 Å². The van der Waals surface area contributed by atoms with E-state index in [9.17, 15) is 0 Å². The number of ether oxygens (including phenoxy) is 4. The van der Waals surface area contributed by atoms with Gasteiger partial charge in [0.2, 0.25) is 0 Å². The van der Waals surface area contributed by atoms with Gasteiger partial charge in [0.05, 0.1) is 0 Å².